The highest BCUT2D eigenvalue weighted by molar-refractivity contribution is 5.96. The highest BCUT2D eigenvalue weighted by Crippen LogP contribution is 2.41. The molecule has 164 valence electrons. The highest BCUT2D eigenvalue weighted by atomic mass is 16.5. The number of benzene rings is 4. The van der Waals surface area contributed by atoms with Gasteiger partial charge in [-0.25, -0.2) is 0 Å². The number of hydrogen-bond donors (Lipinski definition) is 0. The number of amides is 1. The molecule has 1 amide bonds. The molecular formula is C30H27NO2. The first-order valence-corrected chi connectivity index (χ1v) is 11.5. The van der Waals surface area contributed by atoms with Crippen molar-refractivity contribution < 1.29 is 9.53 Å². The minimum absolute atomic E-state index is 0.0181. The molecule has 0 saturated carbocycles. The van der Waals surface area contributed by atoms with Crippen LogP contribution in [0.5, 0.6) is 0 Å². The van der Waals surface area contributed by atoms with Crippen LogP contribution in [0.25, 0.3) is 0 Å². The average Bonchev–Trinajstić information content (AvgIpc) is 3.27. The van der Waals surface area contributed by atoms with Crippen LogP contribution in [0.4, 0.5) is 5.69 Å². The third-order valence-corrected chi connectivity index (χ3v) is 6.39. The molecule has 3 heteroatoms. The van der Waals surface area contributed by atoms with Crippen molar-refractivity contribution in [2.75, 3.05) is 11.5 Å². The molecular weight excluding hydrogens is 406 g/mol. The number of carbonyl (C=O) groups excluding carboxylic acids is 1. The fourth-order valence-electron chi connectivity index (χ4n) is 4.83. The van der Waals surface area contributed by atoms with Crippen molar-refractivity contribution in [2.24, 2.45) is 0 Å². The molecule has 4 aromatic carbocycles. The first kappa shape index (κ1) is 21.2. The Morgan fingerprint density at radius 1 is 0.667 bits per heavy atom. The molecule has 0 bridgehead atoms. The van der Waals surface area contributed by atoms with Crippen molar-refractivity contribution in [1.29, 1.82) is 0 Å². The van der Waals surface area contributed by atoms with E-state index < -0.39 is 5.60 Å². The summed E-state index contributed by atoms with van der Waals surface area (Å²) in [6.07, 6.45) is 1.32. The normalized spacial score (nSPS) is 16.2. The standard InChI is InChI=1S/C30H27NO2/c32-29-22-21-28(31(29)27-19-11-4-12-20-27)23-33-30(24-13-5-1-6-14-24,25-15-7-2-8-16-25)26-17-9-3-10-18-26/h1-20,28H,21-23H2/t28-/m0/s1. The lowest BCUT2D eigenvalue weighted by Gasteiger charge is -2.38. The van der Waals surface area contributed by atoms with Gasteiger partial charge >= 0.3 is 0 Å². The van der Waals surface area contributed by atoms with Gasteiger partial charge in [0.1, 0.15) is 5.60 Å². The first-order valence-electron chi connectivity index (χ1n) is 11.5. The molecule has 1 heterocycles. The van der Waals surface area contributed by atoms with Gasteiger partial charge in [0.05, 0.1) is 12.6 Å². The molecule has 33 heavy (non-hydrogen) atoms. The predicted octanol–water partition coefficient (Wildman–Crippen LogP) is 6.19. The van der Waals surface area contributed by atoms with Crippen LogP contribution in [0.1, 0.15) is 29.5 Å². The van der Waals surface area contributed by atoms with Crippen LogP contribution in [-0.2, 0) is 15.1 Å². The molecule has 1 atom stereocenters. The number of hydrogen-bond acceptors (Lipinski definition) is 2. The van der Waals surface area contributed by atoms with E-state index in [1.165, 1.54) is 0 Å². The maximum atomic E-state index is 12.8. The molecule has 3 nitrogen and oxygen atoms in total. The summed E-state index contributed by atoms with van der Waals surface area (Å²) in [6.45, 7) is 0.430. The van der Waals surface area contributed by atoms with Crippen molar-refractivity contribution in [3.8, 4) is 0 Å². The number of ether oxygens (including phenoxy) is 1. The van der Waals surface area contributed by atoms with Gasteiger partial charge < -0.3 is 9.64 Å². The Balaban J connectivity index is 1.58. The van der Waals surface area contributed by atoms with Crippen LogP contribution in [0.2, 0.25) is 0 Å². The molecule has 1 aliphatic rings. The van der Waals surface area contributed by atoms with E-state index in [9.17, 15) is 4.79 Å². The zero-order valence-electron chi connectivity index (χ0n) is 18.5. The Bertz CT molecular complexity index is 1080. The van der Waals surface area contributed by atoms with Crippen molar-refractivity contribution in [3.63, 3.8) is 0 Å². The summed E-state index contributed by atoms with van der Waals surface area (Å²) in [5, 5.41) is 0. The largest absolute Gasteiger partial charge is 0.359 e. The zero-order valence-corrected chi connectivity index (χ0v) is 18.5. The van der Waals surface area contributed by atoms with Gasteiger partial charge in [-0.3, -0.25) is 4.79 Å². The number of anilines is 1. The van der Waals surface area contributed by atoms with Gasteiger partial charge in [-0.05, 0) is 35.2 Å². The number of nitrogens with zero attached hydrogens (tertiary/aromatic N) is 1. The van der Waals surface area contributed by atoms with E-state index >= 15 is 0 Å². The highest BCUT2D eigenvalue weighted by Gasteiger charge is 2.40. The molecule has 0 spiro atoms. The Kier molecular flexibility index (Phi) is 6.05. The Hall–Kier alpha value is -3.69. The zero-order chi connectivity index (χ0) is 22.5. The molecule has 1 aliphatic heterocycles. The van der Waals surface area contributed by atoms with Crippen LogP contribution < -0.4 is 4.90 Å². The van der Waals surface area contributed by atoms with Crippen LogP contribution in [-0.4, -0.2) is 18.6 Å². The maximum absolute atomic E-state index is 12.8. The number of para-hydroxylation sites is 1. The summed E-state index contributed by atoms with van der Waals surface area (Å²) in [5.41, 5.74) is 3.35. The van der Waals surface area contributed by atoms with Gasteiger partial charge in [-0.15, -0.1) is 0 Å². The predicted molar refractivity (Wildman–Crippen MR) is 132 cm³/mol. The van der Waals surface area contributed by atoms with E-state index in [-0.39, 0.29) is 11.9 Å². The smallest absolute Gasteiger partial charge is 0.227 e. The molecule has 0 unspecified atom stereocenters. The first-order chi connectivity index (χ1) is 16.3. The topological polar surface area (TPSA) is 29.5 Å². The van der Waals surface area contributed by atoms with Gasteiger partial charge in [0, 0.05) is 12.1 Å². The Morgan fingerprint density at radius 2 is 1.09 bits per heavy atom. The number of carbonyl (C=O) groups is 1. The van der Waals surface area contributed by atoms with Crippen molar-refractivity contribution in [1.82, 2.24) is 0 Å². The fourth-order valence-corrected chi connectivity index (χ4v) is 4.83. The van der Waals surface area contributed by atoms with E-state index in [4.69, 9.17) is 4.74 Å². The molecule has 0 aromatic heterocycles. The van der Waals surface area contributed by atoms with Crippen molar-refractivity contribution in [2.45, 2.75) is 24.5 Å². The summed E-state index contributed by atoms with van der Waals surface area (Å²) < 4.78 is 6.98. The van der Waals surface area contributed by atoms with Gasteiger partial charge in [-0.1, -0.05) is 109 Å². The molecule has 0 aliphatic carbocycles. The van der Waals surface area contributed by atoms with E-state index in [2.05, 4.69) is 72.8 Å². The maximum Gasteiger partial charge on any atom is 0.227 e. The summed E-state index contributed by atoms with van der Waals surface area (Å²) in [6, 6.07) is 41.0. The second-order valence-corrected chi connectivity index (χ2v) is 8.38. The van der Waals surface area contributed by atoms with Gasteiger partial charge in [0.25, 0.3) is 0 Å². The summed E-state index contributed by atoms with van der Waals surface area (Å²) in [5.74, 6) is 0.152. The molecule has 1 fully saturated rings. The van der Waals surface area contributed by atoms with Gasteiger partial charge in [0.2, 0.25) is 5.91 Å². The van der Waals surface area contributed by atoms with Crippen LogP contribution in [0.3, 0.4) is 0 Å². The molecule has 0 N–H and O–H groups in total. The lowest BCUT2D eigenvalue weighted by molar-refractivity contribution is -0.117. The summed E-state index contributed by atoms with van der Waals surface area (Å²) in [7, 11) is 0. The van der Waals surface area contributed by atoms with Crippen LogP contribution in [0.15, 0.2) is 121 Å². The molecule has 4 aromatic rings. The Morgan fingerprint density at radius 3 is 1.55 bits per heavy atom. The van der Waals surface area contributed by atoms with E-state index in [0.717, 1.165) is 28.8 Å². The van der Waals surface area contributed by atoms with Crippen molar-refractivity contribution in [3.05, 3.63) is 138 Å². The summed E-state index contributed by atoms with van der Waals surface area (Å²) in [4.78, 5) is 14.7. The van der Waals surface area contributed by atoms with E-state index in [1.807, 2.05) is 53.4 Å². The molecule has 0 radical (unpaired) electrons. The average molecular weight is 434 g/mol. The fraction of sp³-hybridized carbons (Fsp3) is 0.167. The van der Waals surface area contributed by atoms with Crippen molar-refractivity contribution >= 4 is 11.6 Å². The third kappa shape index (κ3) is 4.08. The van der Waals surface area contributed by atoms with Gasteiger partial charge in [0.15, 0.2) is 0 Å². The van der Waals surface area contributed by atoms with Gasteiger partial charge in [-0.2, -0.15) is 0 Å². The van der Waals surface area contributed by atoms with Crippen LogP contribution in [0, 0.1) is 0 Å². The lowest BCUT2D eigenvalue weighted by atomic mass is 9.80. The lowest BCUT2D eigenvalue weighted by Crippen LogP contribution is -2.41. The molecule has 5 rings (SSSR count). The minimum Gasteiger partial charge on any atom is -0.359 e. The quantitative estimate of drug-likeness (QED) is 0.325. The van der Waals surface area contributed by atoms with Crippen LogP contribution >= 0.6 is 0 Å². The third-order valence-electron chi connectivity index (χ3n) is 6.39. The summed E-state index contributed by atoms with van der Waals surface area (Å²) >= 11 is 0. The Labute approximate surface area is 195 Å². The monoisotopic (exact) mass is 433 g/mol. The van der Waals surface area contributed by atoms with E-state index in [0.29, 0.717) is 13.0 Å². The van der Waals surface area contributed by atoms with E-state index in [1.54, 1.807) is 0 Å². The second-order valence-electron chi connectivity index (χ2n) is 8.38. The second kappa shape index (κ2) is 9.43. The molecule has 1 saturated heterocycles. The number of rotatable bonds is 7. The SMILES string of the molecule is O=C1CC[C@@H](COC(c2ccccc2)(c2ccccc2)c2ccccc2)N1c1ccccc1. The minimum atomic E-state index is -0.780.